The van der Waals surface area contributed by atoms with Crippen molar-refractivity contribution in [3.05, 3.63) is 109 Å². The minimum Gasteiger partial charge on any atom is -0.459 e. The van der Waals surface area contributed by atoms with Gasteiger partial charge in [-0.3, -0.25) is 0 Å². The fourth-order valence-corrected chi connectivity index (χ4v) is 7.32. The van der Waals surface area contributed by atoms with Crippen molar-refractivity contribution in [2.45, 2.75) is 63.4 Å². The fourth-order valence-electron chi connectivity index (χ4n) is 7.32. The molecule has 0 amide bonds. The summed E-state index contributed by atoms with van der Waals surface area (Å²) < 4.78 is 26.9. The topological polar surface area (TPSA) is 97.4 Å². The third-order valence-corrected chi connectivity index (χ3v) is 10.1. The third kappa shape index (κ3) is 9.93. The Balaban J connectivity index is 1.28. The van der Waals surface area contributed by atoms with E-state index in [1.807, 2.05) is 24.3 Å². The molecule has 5 rings (SSSR count). The summed E-state index contributed by atoms with van der Waals surface area (Å²) in [5.41, 5.74) is 5.65. The van der Waals surface area contributed by atoms with Gasteiger partial charge in [-0.15, -0.1) is 0 Å². The van der Waals surface area contributed by atoms with Crippen molar-refractivity contribution >= 4 is 17.9 Å². The first-order valence-corrected chi connectivity index (χ1v) is 17.6. The molecule has 2 saturated carbocycles. The monoisotopic (exact) mass is 692 g/mol. The largest absolute Gasteiger partial charge is 0.459 e. The second-order valence-electron chi connectivity index (χ2n) is 13.5. The predicted octanol–water partition coefficient (Wildman–Crippen LogP) is 8.80. The average Bonchev–Trinajstić information content (AvgIpc) is 3.16. The predicted molar refractivity (Wildman–Crippen MR) is 197 cm³/mol. The standard InChI is InChI=1S/C43H48O8/c1-6-41(44)49-37-20-15-32(16-21-37)31-11-13-35(14-12-31)39-25-36(19-24-40(39)51-43(46)29(3)27-48-5)34-9-7-30(8-10-34)33-17-22-38(23-18-33)50-42(45)28(2)26-47-4/h6-10,17-19,22-25,31-32,35,37H,1-3,11-16,20-21,26-27H2,4-5H3. The molecule has 2 aliphatic rings. The Kier molecular flexibility index (Phi) is 13.2. The first kappa shape index (κ1) is 37.5. The SMILES string of the molecule is C=CC(=O)OC1CCC(C2CCC(c3cc(-c4ccc(-c5ccc(OC(=O)C(=C)COC)cc5)cc4)ccc3OC(=O)C(=C)COC)CC2)CC1. The summed E-state index contributed by atoms with van der Waals surface area (Å²) in [4.78, 5) is 36.7. The van der Waals surface area contributed by atoms with Gasteiger partial charge in [-0.2, -0.15) is 0 Å². The number of rotatable bonds is 14. The molecule has 0 unspecified atom stereocenters. The third-order valence-electron chi connectivity index (χ3n) is 10.1. The fraction of sp³-hybridized carbons (Fsp3) is 0.372. The summed E-state index contributed by atoms with van der Waals surface area (Å²) >= 11 is 0. The van der Waals surface area contributed by atoms with Gasteiger partial charge in [0.1, 0.15) is 17.6 Å². The van der Waals surface area contributed by atoms with Crippen LogP contribution in [0.3, 0.4) is 0 Å². The van der Waals surface area contributed by atoms with Crippen LogP contribution in [-0.2, 0) is 28.6 Å². The Morgan fingerprint density at radius 3 is 1.65 bits per heavy atom. The molecule has 0 N–H and O–H groups in total. The quantitative estimate of drug-likeness (QED) is 0.0940. The van der Waals surface area contributed by atoms with Gasteiger partial charge in [0.25, 0.3) is 0 Å². The molecule has 3 aromatic carbocycles. The maximum Gasteiger partial charge on any atom is 0.341 e. The van der Waals surface area contributed by atoms with Crippen molar-refractivity contribution in [1.29, 1.82) is 0 Å². The molecule has 8 nitrogen and oxygen atoms in total. The van der Waals surface area contributed by atoms with Gasteiger partial charge in [0.05, 0.1) is 24.4 Å². The van der Waals surface area contributed by atoms with E-state index in [2.05, 4.69) is 50.1 Å². The number of methoxy groups -OCH3 is 2. The Bertz CT molecular complexity index is 1710. The normalized spacial score (nSPS) is 20.1. The molecule has 0 aromatic heterocycles. The van der Waals surface area contributed by atoms with Crippen molar-refractivity contribution in [2.75, 3.05) is 27.4 Å². The number of esters is 3. The van der Waals surface area contributed by atoms with Crippen LogP contribution in [0.15, 0.2) is 104 Å². The summed E-state index contributed by atoms with van der Waals surface area (Å²) in [6.07, 6.45) is 9.42. The van der Waals surface area contributed by atoms with E-state index in [9.17, 15) is 14.4 Å². The van der Waals surface area contributed by atoms with Gasteiger partial charge in [0, 0.05) is 20.3 Å². The minimum atomic E-state index is -0.519. The second kappa shape index (κ2) is 17.9. The van der Waals surface area contributed by atoms with Crippen molar-refractivity contribution in [1.82, 2.24) is 0 Å². The van der Waals surface area contributed by atoms with E-state index in [-0.39, 0.29) is 42.4 Å². The molecule has 0 spiro atoms. The summed E-state index contributed by atoms with van der Waals surface area (Å²) in [7, 11) is 3.03. The number of carbonyl (C=O) groups is 3. The number of benzene rings is 3. The highest BCUT2D eigenvalue weighted by Gasteiger charge is 2.33. The lowest BCUT2D eigenvalue weighted by molar-refractivity contribution is -0.145. The molecule has 51 heavy (non-hydrogen) atoms. The molecule has 3 aromatic rings. The Hall–Kier alpha value is -4.79. The molecular formula is C43H48O8. The van der Waals surface area contributed by atoms with E-state index in [1.54, 1.807) is 12.1 Å². The maximum atomic E-state index is 12.9. The Labute approximate surface area is 301 Å². The summed E-state index contributed by atoms with van der Waals surface area (Å²) in [6, 6.07) is 21.7. The lowest BCUT2D eigenvalue weighted by Gasteiger charge is -2.38. The molecule has 2 aliphatic carbocycles. The minimum absolute atomic E-state index is 0.00493. The Morgan fingerprint density at radius 1 is 0.647 bits per heavy atom. The van der Waals surface area contributed by atoms with Crippen LogP contribution in [0.1, 0.15) is 62.8 Å². The molecule has 0 atom stereocenters. The van der Waals surface area contributed by atoms with Gasteiger partial charge in [-0.05, 0) is 121 Å². The van der Waals surface area contributed by atoms with E-state index in [0.29, 0.717) is 23.3 Å². The van der Waals surface area contributed by atoms with Crippen LogP contribution in [0.25, 0.3) is 22.3 Å². The highest BCUT2D eigenvalue weighted by Crippen LogP contribution is 2.46. The molecule has 0 radical (unpaired) electrons. The van der Waals surface area contributed by atoms with Crippen LogP contribution in [0.2, 0.25) is 0 Å². The van der Waals surface area contributed by atoms with E-state index < -0.39 is 11.9 Å². The van der Waals surface area contributed by atoms with Crippen LogP contribution in [0.4, 0.5) is 0 Å². The van der Waals surface area contributed by atoms with Crippen LogP contribution < -0.4 is 9.47 Å². The van der Waals surface area contributed by atoms with E-state index in [1.165, 1.54) is 20.3 Å². The summed E-state index contributed by atoms with van der Waals surface area (Å²) in [5, 5.41) is 0. The molecule has 0 aliphatic heterocycles. The highest BCUT2D eigenvalue weighted by molar-refractivity contribution is 5.90. The smallest absolute Gasteiger partial charge is 0.341 e. The van der Waals surface area contributed by atoms with Crippen molar-refractivity contribution in [3.63, 3.8) is 0 Å². The zero-order chi connectivity index (χ0) is 36.3. The van der Waals surface area contributed by atoms with Crippen LogP contribution >= 0.6 is 0 Å². The van der Waals surface area contributed by atoms with Gasteiger partial charge >= 0.3 is 17.9 Å². The summed E-state index contributed by atoms with van der Waals surface area (Å²) in [6.45, 7) is 11.3. The van der Waals surface area contributed by atoms with Gasteiger partial charge in [0.2, 0.25) is 0 Å². The number of hydrogen-bond donors (Lipinski definition) is 0. The average molecular weight is 693 g/mol. The van der Waals surface area contributed by atoms with Gasteiger partial charge in [-0.1, -0.05) is 62.2 Å². The van der Waals surface area contributed by atoms with E-state index in [0.717, 1.165) is 79.2 Å². The zero-order valence-electron chi connectivity index (χ0n) is 29.7. The first-order chi connectivity index (χ1) is 24.7. The molecular weight excluding hydrogens is 644 g/mol. The molecule has 268 valence electrons. The van der Waals surface area contributed by atoms with Gasteiger partial charge in [-0.25, -0.2) is 14.4 Å². The first-order valence-electron chi connectivity index (χ1n) is 17.6. The molecule has 0 saturated heterocycles. The Morgan fingerprint density at radius 2 is 1.12 bits per heavy atom. The maximum absolute atomic E-state index is 12.9. The second-order valence-corrected chi connectivity index (χ2v) is 13.5. The van der Waals surface area contributed by atoms with Crippen LogP contribution in [0.5, 0.6) is 11.5 Å². The van der Waals surface area contributed by atoms with Crippen LogP contribution in [0, 0.1) is 11.8 Å². The van der Waals surface area contributed by atoms with Gasteiger partial charge in [0.15, 0.2) is 0 Å². The van der Waals surface area contributed by atoms with E-state index in [4.69, 9.17) is 23.7 Å². The van der Waals surface area contributed by atoms with Crippen molar-refractivity contribution in [3.8, 4) is 33.8 Å². The lowest BCUT2D eigenvalue weighted by Crippen LogP contribution is -2.29. The lowest BCUT2D eigenvalue weighted by atomic mass is 9.69. The van der Waals surface area contributed by atoms with Crippen molar-refractivity contribution < 1.29 is 38.1 Å². The number of hydrogen-bond acceptors (Lipinski definition) is 8. The summed E-state index contributed by atoms with van der Waals surface area (Å²) in [5.74, 6) is 1.18. The van der Waals surface area contributed by atoms with Crippen LogP contribution in [-0.4, -0.2) is 51.4 Å². The number of ether oxygens (including phenoxy) is 5. The van der Waals surface area contributed by atoms with Gasteiger partial charge < -0.3 is 23.7 Å². The highest BCUT2D eigenvalue weighted by atomic mass is 16.5. The number of carbonyl (C=O) groups excluding carboxylic acids is 3. The zero-order valence-corrected chi connectivity index (χ0v) is 29.7. The molecule has 0 heterocycles. The molecule has 8 heteroatoms. The molecule has 0 bridgehead atoms. The molecule has 2 fully saturated rings. The van der Waals surface area contributed by atoms with Crippen molar-refractivity contribution in [2.24, 2.45) is 11.8 Å². The van der Waals surface area contributed by atoms with E-state index >= 15 is 0 Å².